The molecule has 0 aliphatic carbocycles. The van der Waals surface area contributed by atoms with Gasteiger partial charge in [0.25, 0.3) is 0 Å². The molecule has 6 rings (SSSR count). The molecule has 0 saturated carbocycles. The smallest absolute Gasteiger partial charge is 0.246 e. The van der Waals surface area contributed by atoms with Crippen LogP contribution in [0, 0.1) is 0 Å². The fourth-order valence-corrected chi connectivity index (χ4v) is 6.13. The highest BCUT2D eigenvalue weighted by atomic mass is 16.3. The van der Waals surface area contributed by atoms with Crippen molar-refractivity contribution >= 4 is 11.8 Å². The second-order valence-electron chi connectivity index (χ2n) is 11.2. The van der Waals surface area contributed by atoms with Gasteiger partial charge in [0.05, 0.1) is 13.2 Å². The summed E-state index contributed by atoms with van der Waals surface area (Å²) in [6, 6.07) is 32.4. The average molecular weight is 587 g/mol. The topological polar surface area (TPSA) is 81.1 Å². The van der Waals surface area contributed by atoms with Crippen molar-refractivity contribution in [2.24, 2.45) is 0 Å². The first-order valence-corrected chi connectivity index (χ1v) is 14.8. The van der Waals surface area contributed by atoms with Crippen molar-refractivity contribution in [2.45, 2.75) is 38.1 Å². The standard InChI is InChI=1S/2C19H19NO2/c2*1-2-19(22)20-11-16-9-8-14(13-21)10-17(16)18(12-20)15-6-4-3-5-7-15/h2*2-10,18,21H,1,11-13H2/t2*18-/m10/s1. The van der Waals surface area contributed by atoms with E-state index in [9.17, 15) is 19.8 Å². The van der Waals surface area contributed by atoms with Gasteiger partial charge >= 0.3 is 0 Å². The SMILES string of the molecule is C=CC(=O)N1Cc2ccc(CO)cc2[C@@H](c2ccccc2)C1.C=CC(=O)N1Cc2ccc(CO)cc2[C@H](c2ccccc2)C1. The van der Waals surface area contributed by atoms with Crippen molar-refractivity contribution in [2.75, 3.05) is 13.1 Å². The van der Waals surface area contributed by atoms with E-state index >= 15 is 0 Å². The second kappa shape index (κ2) is 14.1. The lowest BCUT2D eigenvalue weighted by atomic mass is 9.83. The third kappa shape index (κ3) is 6.72. The Hall–Kier alpha value is -4.78. The molecule has 0 unspecified atom stereocenters. The number of benzene rings is 4. The second-order valence-corrected chi connectivity index (χ2v) is 11.2. The predicted molar refractivity (Wildman–Crippen MR) is 173 cm³/mol. The molecule has 2 N–H and O–H groups in total. The van der Waals surface area contributed by atoms with E-state index in [0.29, 0.717) is 26.2 Å². The Morgan fingerprint density at radius 2 is 1.02 bits per heavy atom. The van der Waals surface area contributed by atoms with Crippen LogP contribution >= 0.6 is 0 Å². The average Bonchev–Trinajstić information content (AvgIpc) is 3.10. The maximum atomic E-state index is 12.0. The molecule has 2 atom stereocenters. The van der Waals surface area contributed by atoms with Crippen LogP contribution in [0.25, 0.3) is 0 Å². The Morgan fingerprint density at radius 1 is 0.636 bits per heavy atom. The zero-order valence-electron chi connectivity index (χ0n) is 24.8. The van der Waals surface area contributed by atoms with Crippen LogP contribution in [-0.4, -0.2) is 44.9 Å². The van der Waals surface area contributed by atoms with Gasteiger partial charge in [0, 0.05) is 38.0 Å². The van der Waals surface area contributed by atoms with Crippen LogP contribution in [0.4, 0.5) is 0 Å². The summed E-state index contributed by atoms with van der Waals surface area (Å²) in [5, 5.41) is 18.8. The molecule has 0 aromatic heterocycles. The van der Waals surface area contributed by atoms with Crippen LogP contribution in [0.5, 0.6) is 0 Å². The van der Waals surface area contributed by atoms with Gasteiger partial charge in [-0.1, -0.05) is 110 Å². The van der Waals surface area contributed by atoms with Gasteiger partial charge in [-0.05, 0) is 56.7 Å². The van der Waals surface area contributed by atoms with E-state index in [1.807, 2.05) is 70.5 Å². The lowest BCUT2D eigenvalue weighted by Gasteiger charge is -2.35. The van der Waals surface area contributed by atoms with Gasteiger partial charge in [-0.25, -0.2) is 0 Å². The normalized spacial score (nSPS) is 17.0. The monoisotopic (exact) mass is 586 g/mol. The van der Waals surface area contributed by atoms with Gasteiger partial charge in [-0.2, -0.15) is 0 Å². The minimum absolute atomic E-state index is 0.0318. The first-order valence-electron chi connectivity index (χ1n) is 14.8. The first kappa shape index (κ1) is 30.7. The highest BCUT2D eigenvalue weighted by Crippen LogP contribution is 2.35. The summed E-state index contributed by atoms with van der Waals surface area (Å²) in [5.41, 5.74) is 8.84. The van der Waals surface area contributed by atoms with Crippen molar-refractivity contribution in [3.8, 4) is 0 Å². The van der Waals surface area contributed by atoms with E-state index in [1.165, 1.54) is 34.4 Å². The summed E-state index contributed by atoms with van der Waals surface area (Å²) >= 11 is 0. The molecule has 2 aliphatic heterocycles. The number of aliphatic hydroxyl groups excluding tert-OH is 2. The Balaban J connectivity index is 0.000000175. The minimum Gasteiger partial charge on any atom is -0.392 e. The third-order valence-corrected chi connectivity index (χ3v) is 8.44. The molecule has 2 aliphatic rings. The van der Waals surface area contributed by atoms with Gasteiger partial charge in [0.2, 0.25) is 11.8 Å². The molecule has 0 saturated heterocycles. The Morgan fingerprint density at radius 3 is 1.36 bits per heavy atom. The number of rotatable bonds is 6. The van der Waals surface area contributed by atoms with E-state index in [2.05, 4.69) is 49.6 Å². The minimum atomic E-state index is -0.0437. The van der Waals surface area contributed by atoms with Crippen LogP contribution < -0.4 is 0 Å². The molecule has 44 heavy (non-hydrogen) atoms. The van der Waals surface area contributed by atoms with Crippen LogP contribution in [0.1, 0.15) is 56.3 Å². The number of aliphatic hydroxyl groups is 2. The van der Waals surface area contributed by atoms with Crippen LogP contribution in [0.3, 0.4) is 0 Å². The maximum Gasteiger partial charge on any atom is 0.246 e. The lowest BCUT2D eigenvalue weighted by molar-refractivity contribution is -0.127. The Kier molecular flexibility index (Phi) is 9.85. The first-order chi connectivity index (χ1) is 21.4. The number of carbonyl (C=O) groups excluding carboxylic acids is 2. The molecule has 224 valence electrons. The quantitative estimate of drug-likeness (QED) is 0.285. The largest absolute Gasteiger partial charge is 0.392 e. The van der Waals surface area contributed by atoms with Crippen molar-refractivity contribution in [1.29, 1.82) is 0 Å². The molecule has 2 heterocycles. The highest BCUT2D eigenvalue weighted by molar-refractivity contribution is 5.87. The van der Waals surface area contributed by atoms with Crippen LogP contribution in [0.2, 0.25) is 0 Å². The molecule has 4 aromatic rings. The van der Waals surface area contributed by atoms with Crippen molar-refractivity contribution in [3.05, 3.63) is 167 Å². The third-order valence-electron chi connectivity index (χ3n) is 8.44. The number of hydrogen-bond acceptors (Lipinski definition) is 4. The van der Waals surface area contributed by atoms with Crippen LogP contribution in [0.15, 0.2) is 122 Å². The Labute approximate surface area is 259 Å². The summed E-state index contributed by atoms with van der Waals surface area (Å²) in [4.78, 5) is 27.7. The van der Waals surface area contributed by atoms with Gasteiger partial charge in [0.1, 0.15) is 0 Å². The number of nitrogens with zero attached hydrogens (tertiary/aromatic N) is 2. The van der Waals surface area contributed by atoms with Crippen molar-refractivity contribution in [3.63, 3.8) is 0 Å². The lowest BCUT2D eigenvalue weighted by Crippen LogP contribution is -2.37. The molecule has 2 amide bonds. The molecular weight excluding hydrogens is 548 g/mol. The summed E-state index contributed by atoms with van der Waals surface area (Å²) in [7, 11) is 0. The molecule has 0 radical (unpaired) electrons. The van der Waals surface area contributed by atoms with Gasteiger partial charge < -0.3 is 20.0 Å². The van der Waals surface area contributed by atoms with Crippen LogP contribution in [-0.2, 0) is 35.9 Å². The predicted octanol–water partition coefficient (Wildman–Crippen LogP) is 5.68. The zero-order valence-corrected chi connectivity index (χ0v) is 24.8. The molecule has 6 nitrogen and oxygen atoms in total. The highest BCUT2D eigenvalue weighted by Gasteiger charge is 2.29. The summed E-state index contributed by atoms with van der Waals surface area (Å²) < 4.78 is 0. The van der Waals surface area contributed by atoms with Crippen molar-refractivity contribution < 1.29 is 19.8 Å². The summed E-state index contributed by atoms with van der Waals surface area (Å²) in [6.45, 7) is 9.71. The molecule has 0 fully saturated rings. The molecule has 0 spiro atoms. The fourth-order valence-electron chi connectivity index (χ4n) is 6.13. The summed E-state index contributed by atoms with van der Waals surface area (Å²) in [5.74, 6) is 0.163. The van der Waals surface area contributed by atoms with E-state index in [-0.39, 0.29) is 36.9 Å². The molecule has 0 bridgehead atoms. The number of fused-ring (bicyclic) bond motifs is 2. The maximum absolute atomic E-state index is 12.0. The summed E-state index contributed by atoms with van der Waals surface area (Å²) in [6.07, 6.45) is 2.74. The molecular formula is C38H38N2O4. The zero-order chi connectivity index (χ0) is 31.1. The van der Waals surface area contributed by atoms with E-state index in [1.54, 1.807) is 0 Å². The number of carbonyl (C=O) groups is 2. The van der Waals surface area contributed by atoms with E-state index < -0.39 is 0 Å². The molecule has 4 aromatic carbocycles. The van der Waals surface area contributed by atoms with E-state index in [0.717, 1.165) is 22.3 Å². The van der Waals surface area contributed by atoms with Gasteiger partial charge in [-0.3, -0.25) is 9.59 Å². The molecule has 6 heteroatoms. The Bertz CT molecular complexity index is 1510. The van der Waals surface area contributed by atoms with E-state index in [4.69, 9.17) is 0 Å². The number of amides is 2. The number of hydrogen-bond donors (Lipinski definition) is 2. The van der Waals surface area contributed by atoms with Gasteiger partial charge in [-0.15, -0.1) is 0 Å². The fraction of sp³-hybridized carbons (Fsp3) is 0.211. The van der Waals surface area contributed by atoms with Crippen molar-refractivity contribution in [1.82, 2.24) is 9.80 Å². The van der Waals surface area contributed by atoms with Gasteiger partial charge in [0.15, 0.2) is 0 Å².